The van der Waals surface area contributed by atoms with Crippen molar-refractivity contribution in [3.63, 3.8) is 0 Å². The molecule has 0 aliphatic rings. The number of hydrogen-bond acceptors (Lipinski definition) is 2. The van der Waals surface area contributed by atoms with E-state index in [0.29, 0.717) is 12.6 Å². The van der Waals surface area contributed by atoms with Crippen LogP contribution in [0.4, 0.5) is 0 Å². The van der Waals surface area contributed by atoms with Gasteiger partial charge in [-0.1, -0.05) is 43.7 Å². The van der Waals surface area contributed by atoms with Crippen LogP contribution in [0.15, 0.2) is 30.3 Å². The van der Waals surface area contributed by atoms with Gasteiger partial charge < -0.3 is 10.4 Å². The van der Waals surface area contributed by atoms with E-state index in [2.05, 4.69) is 43.4 Å². The molecular weight excluding hydrogens is 198 g/mol. The average molecular weight is 223 g/mol. The van der Waals surface area contributed by atoms with E-state index in [0.717, 1.165) is 19.3 Å². The Bertz CT molecular complexity index is 234. The fraction of sp³-hybridized carbons (Fsp3) is 0.571. The summed E-state index contributed by atoms with van der Waals surface area (Å²) in [6.45, 7) is 4.58. The first-order chi connectivity index (χ1) is 7.74. The Labute approximate surface area is 99.7 Å². The van der Waals surface area contributed by atoms with Gasteiger partial charge in [-0.25, -0.2) is 0 Å². The zero-order valence-corrected chi connectivity index (χ0v) is 10.7. The highest BCUT2D eigenvalue weighted by Crippen LogP contribution is 2.01. The SMILES string of the molecule is CCCCO.CN[C@@H](C)Cc1ccccc1. The van der Waals surface area contributed by atoms with E-state index in [1.165, 1.54) is 5.56 Å². The van der Waals surface area contributed by atoms with Gasteiger partial charge in [0.25, 0.3) is 0 Å². The summed E-state index contributed by atoms with van der Waals surface area (Å²) in [5.74, 6) is 0. The number of unbranched alkanes of at least 4 members (excludes halogenated alkanes) is 1. The number of hydrogen-bond donors (Lipinski definition) is 2. The molecule has 2 heteroatoms. The summed E-state index contributed by atoms with van der Waals surface area (Å²) >= 11 is 0. The minimum atomic E-state index is 0.344. The quantitative estimate of drug-likeness (QED) is 0.804. The maximum atomic E-state index is 8.07. The van der Waals surface area contributed by atoms with Gasteiger partial charge in [0.2, 0.25) is 0 Å². The van der Waals surface area contributed by atoms with Gasteiger partial charge in [-0.2, -0.15) is 0 Å². The third-order valence-electron chi connectivity index (χ3n) is 2.39. The summed E-state index contributed by atoms with van der Waals surface area (Å²) in [7, 11) is 1.99. The molecule has 1 aromatic carbocycles. The summed E-state index contributed by atoms with van der Waals surface area (Å²) in [6.07, 6.45) is 3.15. The molecule has 0 unspecified atom stereocenters. The van der Waals surface area contributed by atoms with Gasteiger partial charge in [-0.15, -0.1) is 0 Å². The van der Waals surface area contributed by atoms with Gasteiger partial charge in [0.1, 0.15) is 0 Å². The first kappa shape index (κ1) is 15.1. The summed E-state index contributed by atoms with van der Waals surface area (Å²) < 4.78 is 0. The van der Waals surface area contributed by atoms with Gasteiger partial charge in [0.05, 0.1) is 0 Å². The first-order valence-electron chi connectivity index (χ1n) is 6.06. The number of nitrogens with one attached hydrogen (secondary N) is 1. The Hall–Kier alpha value is -0.860. The highest BCUT2D eigenvalue weighted by Gasteiger charge is 1.97. The number of rotatable bonds is 5. The third kappa shape index (κ3) is 8.45. The second-order valence-corrected chi connectivity index (χ2v) is 3.96. The maximum absolute atomic E-state index is 8.07. The van der Waals surface area contributed by atoms with Crippen molar-refractivity contribution in [1.82, 2.24) is 5.32 Å². The highest BCUT2D eigenvalue weighted by molar-refractivity contribution is 5.15. The standard InChI is InChI=1S/C10H15N.C4H10O/c1-9(11-2)8-10-6-4-3-5-7-10;1-2-3-4-5/h3-7,9,11H,8H2,1-2H3;5H,2-4H2,1H3/t9-;/m0./s1. The van der Waals surface area contributed by atoms with Crippen LogP contribution in [0.1, 0.15) is 32.3 Å². The van der Waals surface area contributed by atoms with Crippen LogP contribution in [0.3, 0.4) is 0 Å². The fourth-order valence-electron chi connectivity index (χ4n) is 1.23. The van der Waals surface area contributed by atoms with Crippen molar-refractivity contribution in [3.05, 3.63) is 35.9 Å². The van der Waals surface area contributed by atoms with E-state index in [9.17, 15) is 0 Å². The molecule has 0 heterocycles. The van der Waals surface area contributed by atoms with Crippen LogP contribution >= 0.6 is 0 Å². The van der Waals surface area contributed by atoms with Crippen LogP contribution in [0.25, 0.3) is 0 Å². The van der Waals surface area contributed by atoms with Crippen LogP contribution in [-0.2, 0) is 6.42 Å². The second kappa shape index (κ2) is 10.7. The van der Waals surface area contributed by atoms with Crippen molar-refractivity contribution < 1.29 is 5.11 Å². The van der Waals surface area contributed by atoms with E-state index >= 15 is 0 Å². The molecule has 0 aliphatic carbocycles. The predicted octanol–water partition coefficient (Wildman–Crippen LogP) is 2.62. The lowest BCUT2D eigenvalue weighted by Crippen LogP contribution is -2.23. The number of likely N-dealkylation sites (N-methyl/N-ethyl adjacent to an activating group) is 1. The lowest BCUT2D eigenvalue weighted by molar-refractivity contribution is 0.287. The molecule has 0 spiro atoms. The van der Waals surface area contributed by atoms with E-state index in [1.807, 2.05) is 13.1 Å². The molecule has 0 bridgehead atoms. The Balaban J connectivity index is 0.000000385. The Morgan fingerprint density at radius 1 is 1.25 bits per heavy atom. The van der Waals surface area contributed by atoms with Crippen molar-refractivity contribution in [1.29, 1.82) is 0 Å². The smallest absolute Gasteiger partial charge is 0.0430 e. The lowest BCUT2D eigenvalue weighted by Gasteiger charge is -2.08. The summed E-state index contributed by atoms with van der Waals surface area (Å²) in [5, 5.41) is 11.3. The summed E-state index contributed by atoms with van der Waals surface area (Å²) in [4.78, 5) is 0. The molecule has 1 aromatic rings. The summed E-state index contributed by atoms with van der Waals surface area (Å²) in [5.41, 5.74) is 1.40. The minimum Gasteiger partial charge on any atom is -0.396 e. The monoisotopic (exact) mass is 223 g/mol. The van der Waals surface area contributed by atoms with Crippen LogP contribution in [0, 0.1) is 0 Å². The van der Waals surface area contributed by atoms with Gasteiger partial charge >= 0.3 is 0 Å². The van der Waals surface area contributed by atoms with E-state index < -0.39 is 0 Å². The molecule has 0 saturated heterocycles. The highest BCUT2D eigenvalue weighted by atomic mass is 16.2. The van der Waals surface area contributed by atoms with Crippen molar-refractivity contribution in [2.75, 3.05) is 13.7 Å². The number of aliphatic hydroxyl groups is 1. The van der Waals surface area contributed by atoms with E-state index in [1.54, 1.807) is 0 Å². The van der Waals surface area contributed by atoms with Gasteiger partial charge in [-0.3, -0.25) is 0 Å². The second-order valence-electron chi connectivity index (χ2n) is 3.96. The molecule has 0 saturated carbocycles. The molecule has 16 heavy (non-hydrogen) atoms. The molecule has 0 aliphatic heterocycles. The maximum Gasteiger partial charge on any atom is 0.0430 e. The Morgan fingerprint density at radius 2 is 1.88 bits per heavy atom. The van der Waals surface area contributed by atoms with Crippen molar-refractivity contribution in [2.45, 2.75) is 39.2 Å². The molecule has 0 fully saturated rings. The van der Waals surface area contributed by atoms with E-state index in [4.69, 9.17) is 5.11 Å². The van der Waals surface area contributed by atoms with Crippen LogP contribution < -0.4 is 5.32 Å². The average Bonchev–Trinajstić information content (AvgIpc) is 2.32. The Morgan fingerprint density at radius 3 is 2.25 bits per heavy atom. The molecule has 0 radical (unpaired) electrons. The van der Waals surface area contributed by atoms with Crippen LogP contribution in [0.5, 0.6) is 0 Å². The van der Waals surface area contributed by atoms with Gasteiger partial charge in [-0.05, 0) is 32.4 Å². The molecular formula is C14H25NO. The molecule has 2 nitrogen and oxygen atoms in total. The van der Waals surface area contributed by atoms with Crippen molar-refractivity contribution in [3.8, 4) is 0 Å². The largest absolute Gasteiger partial charge is 0.396 e. The molecule has 1 atom stereocenters. The fourth-order valence-corrected chi connectivity index (χ4v) is 1.23. The predicted molar refractivity (Wildman–Crippen MR) is 70.7 cm³/mol. The molecule has 2 N–H and O–H groups in total. The molecule has 92 valence electrons. The van der Waals surface area contributed by atoms with Gasteiger partial charge in [0, 0.05) is 12.6 Å². The van der Waals surface area contributed by atoms with Crippen LogP contribution in [0.2, 0.25) is 0 Å². The topological polar surface area (TPSA) is 32.3 Å². The summed E-state index contributed by atoms with van der Waals surface area (Å²) in [6, 6.07) is 11.1. The first-order valence-corrected chi connectivity index (χ1v) is 6.06. The zero-order chi connectivity index (χ0) is 12.2. The number of benzene rings is 1. The minimum absolute atomic E-state index is 0.344. The normalized spacial score (nSPS) is 11.5. The van der Waals surface area contributed by atoms with Crippen molar-refractivity contribution in [2.24, 2.45) is 0 Å². The zero-order valence-electron chi connectivity index (χ0n) is 10.7. The van der Waals surface area contributed by atoms with Crippen LogP contribution in [-0.4, -0.2) is 24.8 Å². The third-order valence-corrected chi connectivity index (χ3v) is 2.39. The molecule has 0 aromatic heterocycles. The van der Waals surface area contributed by atoms with Crippen molar-refractivity contribution >= 4 is 0 Å². The Kier molecular flexibility index (Phi) is 10.1. The lowest BCUT2D eigenvalue weighted by atomic mass is 10.1. The molecule has 1 rings (SSSR count). The molecule has 0 amide bonds. The van der Waals surface area contributed by atoms with Gasteiger partial charge in [0.15, 0.2) is 0 Å². The van der Waals surface area contributed by atoms with E-state index in [-0.39, 0.29) is 0 Å². The number of aliphatic hydroxyl groups excluding tert-OH is 1.